The predicted octanol–water partition coefficient (Wildman–Crippen LogP) is 4.82. The molecule has 0 saturated heterocycles. The summed E-state index contributed by atoms with van der Waals surface area (Å²) in [4.78, 5) is 8.42. The van der Waals surface area contributed by atoms with Crippen molar-refractivity contribution >= 4 is 0 Å². The molecule has 3 rings (SSSR count). The van der Waals surface area contributed by atoms with Gasteiger partial charge in [0.25, 0.3) is 5.89 Å². The number of hydrogen-bond donors (Lipinski definition) is 0. The topological polar surface area (TPSA) is 61.0 Å². The summed E-state index contributed by atoms with van der Waals surface area (Å²) in [6.07, 6.45) is 10.7. The molecule has 124 valence electrons. The molecule has 0 fully saturated rings. The first kappa shape index (κ1) is 16.4. The molecule has 0 amide bonds. The van der Waals surface area contributed by atoms with E-state index in [1.807, 2.05) is 61.5 Å². The van der Waals surface area contributed by atoms with Gasteiger partial charge >= 0.3 is 0 Å². The summed E-state index contributed by atoms with van der Waals surface area (Å²) in [5, 5.41) is 4.02. The van der Waals surface area contributed by atoms with Gasteiger partial charge in [-0.3, -0.25) is 4.98 Å². The molecule has 0 aliphatic heterocycles. The van der Waals surface area contributed by atoms with Crippen molar-refractivity contribution in [2.24, 2.45) is 0 Å². The monoisotopic (exact) mass is 331 g/mol. The van der Waals surface area contributed by atoms with Crippen LogP contribution in [0.4, 0.5) is 0 Å². The fraction of sp³-hybridized carbons (Fsp3) is 0.0500. The fourth-order valence-electron chi connectivity index (χ4n) is 2.12. The van der Waals surface area contributed by atoms with E-state index in [9.17, 15) is 0 Å². The Bertz CT molecular complexity index is 911. The van der Waals surface area contributed by atoms with Gasteiger partial charge < -0.3 is 9.26 Å². The molecule has 0 N–H and O–H groups in total. The van der Waals surface area contributed by atoms with Crippen molar-refractivity contribution in [3.8, 4) is 28.6 Å². The largest absolute Gasteiger partial charge is 0.457 e. The molecule has 2 heterocycles. The Hall–Kier alpha value is -3.47. The van der Waals surface area contributed by atoms with E-state index < -0.39 is 0 Å². The third-order valence-corrected chi connectivity index (χ3v) is 3.34. The molecular formula is C20H17N3O2. The lowest BCUT2D eigenvalue weighted by atomic mass is 10.2. The van der Waals surface area contributed by atoms with Crippen LogP contribution < -0.4 is 4.74 Å². The maximum absolute atomic E-state index is 5.81. The number of nitrogens with zero attached hydrogens (tertiary/aromatic N) is 3. The SMILES string of the molecule is C=C/C(=C\C=C/C)Oc1cccc(-c2nc(-c3ccncc3)no2)c1. The number of benzene rings is 1. The van der Waals surface area contributed by atoms with Crippen molar-refractivity contribution in [3.63, 3.8) is 0 Å². The normalized spacial score (nSPS) is 11.6. The second-order valence-electron chi connectivity index (χ2n) is 5.09. The second kappa shape index (κ2) is 7.88. The van der Waals surface area contributed by atoms with Crippen LogP contribution in [0.5, 0.6) is 5.75 Å². The molecular weight excluding hydrogens is 314 g/mol. The first-order chi connectivity index (χ1) is 12.3. The third kappa shape index (κ3) is 4.09. The van der Waals surface area contributed by atoms with Gasteiger partial charge in [-0.2, -0.15) is 4.98 Å². The summed E-state index contributed by atoms with van der Waals surface area (Å²) >= 11 is 0. The van der Waals surface area contributed by atoms with E-state index in [0.717, 1.165) is 11.1 Å². The second-order valence-corrected chi connectivity index (χ2v) is 5.09. The van der Waals surface area contributed by atoms with Crippen LogP contribution in [-0.2, 0) is 0 Å². The minimum Gasteiger partial charge on any atom is -0.457 e. The Labute approximate surface area is 146 Å². The highest BCUT2D eigenvalue weighted by Gasteiger charge is 2.11. The first-order valence-electron chi connectivity index (χ1n) is 7.78. The predicted molar refractivity (Wildman–Crippen MR) is 96.7 cm³/mol. The zero-order valence-electron chi connectivity index (χ0n) is 13.8. The van der Waals surface area contributed by atoms with Gasteiger partial charge in [0.05, 0.1) is 0 Å². The smallest absolute Gasteiger partial charge is 0.258 e. The maximum Gasteiger partial charge on any atom is 0.258 e. The molecule has 0 atom stereocenters. The van der Waals surface area contributed by atoms with E-state index >= 15 is 0 Å². The molecule has 0 bridgehead atoms. The average molecular weight is 331 g/mol. The van der Waals surface area contributed by atoms with Crippen LogP contribution in [0.25, 0.3) is 22.8 Å². The maximum atomic E-state index is 5.81. The summed E-state index contributed by atoms with van der Waals surface area (Å²) in [6.45, 7) is 5.69. The molecule has 0 aliphatic carbocycles. The van der Waals surface area contributed by atoms with Gasteiger partial charge in [-0.25, -0.2) is 0 Å². The Kier molecular flexibility index (Phi) is 5.16. The summed E-state index contributed by atoms with van der Waals surface area (Å²) < 4.78 is 11.2. The summed E-state index contributed by atoms with van der Waals surface area (Å²) in [6, 6.07) is 11.1. The van der Waals surface area contributed by atoms with E-state index in [-0.39, 0.29) is 0 Å². The van der Waals surface area contributed by atoms with Crippen LogP contribution in [0.1, 0.15) is 6.92 Å². The van der Waals surface area contributed by atoms with E-state index in [1.165, 1.54) is 0 Å². The van der Waals surface area contributed by atoms with Crippen LogP contribution in [-0.4, -0.2) is 15.1 Å². The quantitative estimate of drug-likeness (QED) is 0.478. The highest BCUT2D eigenvalue weighted by Crippen LogP contribution is 2.26. The molecule has 0 radical (unpaired) electrons. The lowest BCUT2D eigenvalue weighted by Gasteiger charge is -2.06. The Balaban J connectivity index is 1.85. The van der Waals surface area contributed by atoms with Crippen LogP contribution >= 0.6 is 0 Å². The fourth-order valence-corrected chi connectivity index (χ4v) is 2.12. The third-order valence-electron chi connectivity index (χ3n) is 3.34. The van der Waals surface area contributed by atoms with Crippen molar-refractivity contribution in [2.75, 3.05) is 0 Å². The lowest BCUT2D eigenvalue weighted by Crippen LogP contribution is -1.92. The molecule has 0 saturated carbocycles. The first-order valence-corrected chi connectivity index (χ1v) is 7.78. The number of ether oxygens (including phenoxy) is 1. The molecule has 5 heteroatoms. The molecule has 0 unspecified atom stereocenters. The van der Waals surface area contributed by atoms with Crippen molar-refractivity contribution in [3.05, 3.63) is 85.4 Å². The van der Waals surface area contributed by atoms with E-state index in [4.69, 9.17) is 9.26 Å². The molecule has 2 aromatic heterocycles. The van der Waals surface area contributed by atoms with Crippen molar-refractivity contribution in [1.82, 2.24) is 15.1 Å². The highest BCUT2D eigenvalue weighted by molar-refractivity contribution is 5.60. The number of rotatable bonds is 6. The van der Waals surface area contributed by atoms with E-state index in [0.29, 0.717) is 23.2 Å². The van der Waals surface area contributed by atoms with E-state index in [1.54, 1.807) is 18.5 Å². The molecule has 5 nitrogen and oxygen atoms in total. The lowest BCUT2D eigenvalue weighted by molar-refractivity contribution is 0.430. The van der Waals surface area contributed by atoms with Gasteiger partial charge in [-0.1, -0.05) is 30.0 Å². The summed E-state index contributed by atoms with van der Waals surface area (Å²) in [7, 11) is 0. The average Bonchev–Trinajstić information content (AvgIpc) is 3.16. The number of aromatic nitrogens is 3. The minimum absolute atomic E-state index is 0.426. The Morgan fingerprint density at radius 2 is 2.00 bits per heavy atom. The van der Waals surface area contributed by atoms with Gasteiger partial charge in [-0.05, 0) is 49.4 Å². The van der Waals surface area contributed by atoms with Gasteiger partial charge in [0.1, 0.15) is 11.5 Å². The molecule has 25 heavy (non-hydrogen) atoms. The summed E-state index contributed by atoms with van der Waals surface area (Å²) in [5.41, 5.74) is 1.63. The van der Waals surface area contributed by atoms with Crippen molar-refractivity contribution < 1.29 is 9.26 Å². The highest BCUT2D eigenvalue weighted by atomic mass is 16.5. The standard InChI is InChI=1S/C20H17N3O2/c1-3-5-8-17(4-2)24-18-9-6-7-16(14-18)20-22-19(23-25-20)15-10-12-21-13-11-15/h3-14H,2H2,1H3/b5-3-,17-8+. The van der Waals surface area contributed by atoms with Crippen molar-refractivity contribution in [1.29, 1.82) is 0 Å². The van der Waals surface area contributed by atoms with Gasteiger partial charge in [-0.15, -0.1) is 0 Å². The van der Waals surface area contributed by atoms with Crippen LogP contribution in [0.3, 0.4) is 0 Å². The number of pyridine rings is 1. The van der Waals surface area contributed by atoms with Gasteiger partial charge in [0.15, 0.2) is 0 Å². The minimum atomic E-state index is 0.426. The zero-order valence-corrected chi connectivity index (χ0v) is 13.8. The van der Waals surface area contributed by atoms with Crippen LogP contribution in [0.15, 0.2) is 90.0 Å². The number of allylic oxidation sites excluding steroid dienone is 4. The van der Waals surface area contributed by atoms with Crippen molar-refractivity contribution in [2.45, 2.75) is 6.92 Å². The Morgan fingerprint density at radius 1 is 1.16 bits per heavy atom. The molecule has 3 aromatic rings. The van der Waals surface area contributed by atoms with E-state index in [2.05, 4.69) is 21.7 Å². The molecule has 0 spiro atoms. The van der Waals surface area contributed by atoms with Gasteiger partial charge in [0.2, 0.25) is 5.82 Å². The zero-order chi connectivity index (χ0) is 17.5. The molecule has 0 aliphatic rings. The molecule has 1 aromatic carbocycles. The van der Waals surface area contributed by atoms with Crippen LogP contribution in [0, 0.1) is 0 Å². The summed E-state index contributed by atoms with van der Waals surface area (Å²) in [5.74, 6) is 2.26. The van der Waals surface area contributed by atoms with Gasteiger partial charge in [0, 0.05) is 23.5 Å². The van der Waals surface area contributed by atoms with Crippen LogP contribution in [0.2, 0.25) is 0 Å². The Morgan fingerprint density at radius 3 is 2.76 bits per heavy atom. The number of hydrogen-bond acceptors (Lipinski definition) is 5.